The molecule has 3 rings (SSSR count). The lowest BCUT2D eigenvalue weighted by Gasteiger charge is -2.06. The number of anilines is 1. The van der Waals surface area contributed by atoms with Gasteiger partial charge in [0, 0.05) is 0 Å². The third-order valence-corrected chi connectivity index (χ3v) is 3.40. The summed E-state index contributed by atoms with van der Waals surface area (Å²) in [6.45, 7) is -0.218. The largest absolute Gasteiger partial charge is 0.347 e. The number of hydrogen-bond acceptors (Lipinski definition) is 3. The summed E-state index contributed by atoms with van der Waals surface area (Å²) in [5.74, 6) is -0.986. The minimum atomic E-state index is -0.445. The van der Waals surface area contributed by atoms with Gasteiger partial charge in [-0.25, -0.2) is 9.37 Å². The molecule has 122 valence electrons. The number of halogens is 1. The van der Waals surface area contributed by atoms with E-state index in [0.717, 1.165) is 11.0 Å². The van der Waals surface area contributed by atoms with Crippen molar-refractivity contribution in [2.75, 3.05) is 11.9 Å². The molecule has 2 aromatic carbocycles. The van der Waals surface area contributed by atoms with Crippen molar-refractivity contribution in [1.82, 2.24) is 15.3 Å². The molecule has 7 heteroatoms. The lowest BCUT2D eigenvalue weighted by atomic mass is 10.1. The summed E-state index contributed by atoms with van der Waals surface area (Å²) in [4.78, 5) is 30.8. The van der Waals surface area contributed by atoms with Gasteiger partial charge in [-0.2, -0.15) is 0 Å². The fraction of sp³-hybridized carbons (Fsp3) is 0.118. The normalized spacial score (nSPS) is 10.5. The van der Waals surface area contributed by atoms with Gasteiger partial charge < -0.3 is 10.3 Å². The molecule has 1 aromatic heterocycles. The molecule has 0 radical (unpaired) electrons. The minimum absolute atomic E-state index is 0.120. The van der Waals surface area contributed by atoms with Crippen LogP contribution >= 0.6 is 0 Å². The van der Waals surface area contributed by atoms with Crippen LogP contribution < -0.4 is 10.6 Å². The first-order valence-electron chi connectivity index (χ1n) is 7.36. The molecule has 0 fully saturated rings. The Morgan fingerprint density at radius 3 is 2.58 bits per heavy atom. The highest BCUT2D eigenvalue weighted by molar-refractivity contribution is 5.94. The zero-order valence-electron chi connectivity index (χ0n) is 12.7. The molecule has 2 amide bonds. The van der Waals surface area contributed by atoms with E-state index in [1.807, 2.05) is 24.3 Å². The Morgan fingerprint density at radius 1 is 1.04 bits per heavy atom. The molecule has 6 nitrogen and oxygen atoms in total. The van der Waals surface area contributed by atoms with Crippen molar-refractivity contribution >= 4 is 28.8 Å². The molecule has 0 saturated heterocycles. The summed E-state index contributed by atoms with van der Waals surface area (Å²) >= 11 is 0. The van der Waals surface area contributed by atoms with Crippen LogP contribution in [0.4, 0.5) is 10.3 Å². The van der Waals surface area contributed by atoms with Crippen LogP contribution in [-0.2, 0) is 16.0 Å². The Balaban J connectivity index is 1.52. The van der Waals surface area contributed by atoms with Gasteiger partial charge in [-0.15, -0.1) is 0 Å². The van der Waals surface area contributed by atoms with Crippen LogP contribution in [0.1, 0.15) is 5.56 Å². The summed E-state index contributed by atoms with van der Waals surface area (Å²) in [5.41, 5.74) is 1.82. The van der Waals surface area contributed by atoms with Gasteiger partial charge >= 0.3 is 0 Å². The van der Waals surface area contributed by atoms with Crippen molar-refractivity contribution in [2.24, 2.45) is 0 Å². The summed E-state index contributed by atoms with van der Waals surface area (Å²) in [5, 5.41) is 5.02. The molecule has 3 aromatic rings. The number of nitrogens with one attached hydrogen (secondary N) is 3. The summed E-state index contributed by atoms with van der Waals surface area (Å²) < 4.78 is 13.5. The van der Waals surface area contributed by atoms with E-state index in [1.54, 1.807) is 12.1 Å². The van der Waals surface area contributed by atoms with Gasteiger partial charge in [-0.3, -0.25) is 14.9 Å². The van der Waals surface area contributed by atoms with Crippen LogP contribution in [0, 0.1) is 5.82 Å². The summed E-state index contributed by atoms with van der Waals surface area (Å²) in [7, 11) is 0. The second kappa shape index (κ2) is 6.91. The first-order valence-corrected chi connectivity index (χ1v) is 7.36. The van der Waals surface area contributed by atoms with Gasteiger partial charge in [0.05, 0.1) is 24.0 Å². The molecule has 0 bridgehead atoms. The molecule has 0 aliphatic carbocycles. The van der Waals surface area contributed by atoms with Gasteiger partial charge in [0.2, 0.25) is 17.8 Å². The van der Waals surface area contributed by atoms with E-state index in [0.29, 0.717) is 5.95 Å². The number of carbonyl (C=O) groups excluding carboxylic acids is 2. The zero-order valence-corrected chi connectivity index (χ0v) is 12.7. The SMILES string of the molecule is O=C(Cc1ccccc1F)NCC(=O)Nc1nc2ccccc2[nH]1. The average Bonchev–Trinajstić information content (AvgIpc) is 2.97. The van der Waals surface area contributed by atoms with Gasteiger partial charge in [0.1, 0.15) is 5.82 Å². The third-order valence-electron chi connectivity index (χ3n) is 3.40. The van der Waals surface area contributed by atoms with E-state index < -0.39 is 17.6 Å². The Kier molecular flexibility index (Phi) is 4.51. The van der Waals surface area contributed by atoms with E-state index >= 15 is 0 Å². The van der Waals surface area contributed by atoms with Crippen molar-refractivity contribution in [3.8, 4) is 0 Å². The number of imidazole rings is 1. The number of H-pyrrole nitrogens is 1. The maximum Gasteiger partial charge on any atom is 0.246 e. The fourth-order valence-electron chi connectivity index (χ4n) is 2.24. The molecule has 0 unspecified atom stereocenters. The topological polar surface area (TPSA) is 86.9 Å². The van der Waals surface area contributed by atoms with Crippen molar-refractivity contribution in [1.29, 1.82) is 0 Å². The first-order chi connectivity index (χ1) is 11.6. The predicted molar refractivity (Wildman–Crippen MR) is 87.8 cm³/mol. The van der Waals surface area contributed by atoms with Crippen molar-refractivity contribution in [2.45, 2.75) is 6.42 Å². The lowest BCUT2D eigenvalue weighted by Crippen LogP contribution is -2.34. The average molecular weight is 326 g/mol. The maximum absolute atomic E-state index is 13.5. The Labute approximate surface area is 137 Å². The number of aromatic nitrogens is 2. The van der Waals surface area contributed by atoms with Crippen LogP contribution in [0.5, 0.6) is 0 Å². The number of rotatable bonds is 5. The fourth-order valence-corrected chi connectivity index (χ4v) is 2.24. The number of carbonyl (C=O) groups is 2. The monoisotopic (exact) mass is 326 g/mol. The van der Waals surface area contributed by atoms with Crippen LogP contribution in [0.2, 0.25) is 0 Å². The first kappa shape index (κ1) is 15.7. The third kappa shape index (κ3) is 3.75. The van der Waals surface area contributed by atoms with Gasteiger partial charge in [-0.05, 0) is 23.8 Å². The van der Waals surface area contributed by atoms with Crippen molar-refractivity contribution in [3.05, 3.63) is 59.9 Å². The zero-order chi connectivity index (χ0) is 16.9. The Bertz CT molecular complexity index is 858. The highest BCUT2D eigenvalue weighted by Gasteiger charge is 2.10. The molecular weight excluding hydrogens is 311 g/mol. The minimum Gasteiger partial charge on any atom is -0.347 e. The van der Waals surface area contributed by atoms with Crippen LogP contribution in [0.3, 0.4) is 0 Å². The van der Waals surface area contributed by atoms with Gasteiger partial charge in [0.15, 0.2) is 0 Å². The van der Waals surface area contributed by atoms with E-state index in [2.05, 4.69) is 20.6 Å². The quantitative estimate of drug-likeness (QED) is 0.670. The molecule has 0 atom stereocenters. The molecular formula is C17H15FN4O2. The highest BCUT2D eigenvalue weighted by Crippen LogP contribution is 2.13. The van der Waals surface area contributed by atoms with Crippen LogP contribution in [-0.4, -0.2) is 28.3 Å². The Morgan fingerprint density at radius 2 is 1.79 bits per heavy atom. The highest BCUT2D eigenvalue weighted by atomic mass is 19.1. The number of hydrogen-bond donors (Lipinski definition) is 3. The number of fused-ring (bicyclic) bond motifs is 1. The number of benzene rings is 2. The summed E-state index contributed by atoms with van der Waals surface area (Å²) in [6, 6.07) is 13.4. The number of amides is 2. The Hall–Kier alpha value is -3.22. The number of aromatic amines is 1. The number of nitrogens with zero attached hydrogens (tertiary/aromatic N) is 1. The lowest BCUT2D eigenvalue weighted by molar-refractivity contribution is -0.123. The molecule has 0 aliphatic rings. The second-order valence-corrected chi connectivity index (χ2v) is 5.20. The smallest absolute Gasteiger partial charge is 0.246 e. The molecule has 0 spiro atoms. The van der Waals surface area contributed by atoms with E-state index in [1.165, 1.54) is 12.1 Å². The van der Waals surface area contributed by atoms with Gasteiger partial charge in [0.25, 0.3) is 0 Å². The van der Waals surface area contributed by atoms with E-state index in [9.17, 15) is 14.0 Å². The molecule has 24 heavy (non-hydrogen) atoms. The maximum atomic E-state index is 13.5. The molecule has 0 saturated carbocycles. The predicted octanol–water partition coefficient (Wildman–Crippen LogP) is 2.00. The molecule has 3 N–H and O–H groups in total. The molecule has 0 aliphatic heterocycles. The van der Waals surface area contributed by atoms with E-state index in [-0.39, 0.29) is 18.5 Å². The van der Waals surface area contributed by atoms with Crippen molar-refractivity contribution in [3.63, 3.8) is 0 Å². The van der Waals surface area contributed by atoms with Gasteiger partial charge in [-0.1, -0.05) is 30.3 Å². The second-order valence-electron chi connectivity index (χ2n) is 5.20. The van der Waals surface area contributed by atoms with E-state index in [4.69, 9.17) is 0 Å². The molecule has 1 heterocycles. The number of para-hydroxylation sites is 2. The standard InChI is InChI=1S/C17H15FN4O2/c18-12-6-2-1-5-11(12)9-15(23)19-10-16(24)22-17-20-13-7-3-4-8-14(13)21-17/h1-8H,9-10H2,(H,19,23)(H2,20,21,22,24). The van der Waals surface area contributed by atoms with Crippen LogP contribution in [0.25, 0.3) is 11.0 Å². The van der Waals surface area contributed by atoms with Crippen molar-refractivity contribution < 1.29 is 14.0 Å². The van der Waals surface area contributed by atoms with Crippen LogP contribution in [0.15, 0.2) is 48.5 Å². The summed E-state index contributed by atoms with van der Waals surface area (Å²) in [6.07, 6.45) is -0.120.